The van der Waals surface area contributed by atoms with E-state index in [1.165, 1.54) is 44.3 Å². The largest absolute Gasteiger partial charge is 0.396 e. The van der Waals surface area contributed by atoms with Gasteiger partial charge in [-0.25, -0.2) is 0 Å². The fourth-order valence-corrected chi connectivity index (χ4v) is 2.74. The summed E-state index contributed by atoms with van der Waals surface area (Å²) in [6, 6.07) is 0. The third-order valence-electron chi connectivity index (χ3n) is 3.09. The molecule has 1 aliphatic carbocycles. The summed E-state index contributed by atoms with van der Waals surface area (Å²) in [7, 11) is 0. The quantitative estimate of drug-likeness (QED) is 0.732. The zero-order valence-electron chi connectivity index (χ0n) is 8.01. The Bertz CT molecular complexity index is 119. The molecule has 2 heteroatoms. The summed E-state index contributed by atoms with van der Waals surface area (Å²) in [5.41, 5.74) is 0.307. The molecular weight excluding hydrogens is 168 g/mol. The molecular formula is C10H20OS. The van der Waals surface area contributed by atoms with Gasteiger partial charge in [-0.15, -0.1) is 0 Å². The fraction of sp³-hybridized carbons (Fsp3) is 1.00. The van der Waals surface area contributed by atoms with Crippen LogP contribution in [0.3, 0.4) is 0 Å². The van der Waals surface area contributed by atoms with E-state index in [-0.39, 0.29) is 0 Å². The summed E-state index contributed by atoms with van der Waals surface area (Å²) >= 11 is 1.90. The molecule has 1 N–H and O–H groups in total. The molecule has 0 heterocycles. The van der Waals surface area contributed by atoms with E-state index < -0.39 is 0 Å². The highest BCUT2D eigenvalue weighted by Crippen LogP contribution is 2.39. The molecule has 1 saturated carbocycles. The van der Waals surface area contributed by atoms with Crippen LogP contribution in [0.2, 0.25) is 0 Å². The first-order valence-electron chi connectivity index (χ1n) is 4.93. The molecule has 12 heavy (non-hydrogen) atoms. The molecule has 0 aromatic heterocycles. The lowest BCUT2D eigenvalue weighted by molar-refractivity contribution is 0.0795. The Morgan fingerprint density at radius 2 is 1.92 bits per heavy atom. The minimum atomic E-state index is 0.307. The van der Waals surface area contributed by atoms with E-state index in [0.29, 0.717) is 12.0 Å². The molecule has 0 aliphatic heterocycles. The summed E-state index contributed by atoms with van der Waals surface area (Å²) in [6.07, 6.45) is 9.90. The van der Waals surface area contributed by atoms with Gasteiger partial charge in [0.1, 0.15) is 0 Å². The predicted molar refractivity (Wildman–Crippen MR) is 55.6 cm³/mol. The lowest BCUT2D eigenvalue weighted by Gasteiger charge is -2.35. The topological polar surface area (TPSA) is 20.2 Å². The van der Waals surface area contributed by atoms with E-state index in [1.54, 1.807) is 0 Å². The van der Waals surface area contributed by atoms with Crippen LogP contribution in [0.4, 0.5) is 0 Å². The third-order valence-corrected chi connectivity index (χ3v) is 3.70. The van der Waals surface area contributed by atoms with Crippen LogP contribution in [-0.2, 0) is 0 Å². The van der Waals surface area contributed by atoms with Gasteiger partial charge in [0.15, 0.2) is 0 Å². The molecule has 0 amide bonds. The van der Waals surface area contributed by atoms with Gasteiger partial charge in [0.25, 0.3) is 0 Å². The predicted octanol–water partition coefficient (Wildman–Crippen LogP) is 2.68. The van der Waals surface area contributed by atoms with Crippen molar-refractivity contribution in [3.8, 4) is 0 Å². The van der Waals surface area contributed by atoms with Gasteiger partial charge in [0, 0.05) is 6.61 Å². The fourth-order valence-electron chi connectivity index (χ4n) is 2.11. The number of hydrogen-bond donors (Lipinski definition) is 1. The van der Waals surface area contributed by atoms with Crippen molar-refractivity contribution in [3.05, 3.63) is 0 Å². The minimum absolute atomic E-state index is 0.307. The van der Waals surface area contributed by atoms with Crippen LogP contribution in [0.1, 0.15) is 38.5 Å². The van der Waals surface area contributed by atoms with Crippen LogP contribution in [0.15, 0.2) is 0 Å². The maximum atomic E-state index is 9.36. The monoisotopic (exact) mass is 188 g/mol. The lowest BCUT2D eigenvalue weighted by atomic mass is 9.73. The molecule has 0 unspecified atom stereocenters. The normalized spacial score (nSPS) is 22.5. The van der Waals surface area contributed by atoms with E-state index in [4.69, 9.17) is 0 Å². The summed E-state index contributed by atoms with van der Waals surface area (Å²) in [5, 5.41) is 9.36. The highest BCUT2D eigenvalue weighted by molar-refractivity contribution is 7.98. The Hall–Kier alpha value is 0.310. The highest BCUT2D eigenvalue weighted by atomic mass is 32.2. The van der Waals surface area contributed by atoms with E-state index in [2.05, 4.69) is 6.26 Å². The van der Waals surface area contributed by atoms with Crippen molar-refractivity contribution < 1.29 is 5.11 Å². The molecule has 0 aromatic rings. The van der Waals surface area contributed by atoms with Gasteiger partial charge in [0.2, 0.25) is 0 Å². The average Bonchev–Trinajstić information content (AvgIpc) is 2.16. The van der Waals surface area contributed by atoms with E-state index in [1.807, 2.05) is 11.8 Å². The van der Waals surface area contributed by atoms with E-state index in [9.17, 15) is 5.11 Å². The second-order valence-electron chi connectivity index (χ2n) is 3.96. The average molecular weight is 188 g/mol. The maximum Gasteiger partial charge on any atom is 0.0487 e. The summed E-state index contributed by atoms with van der Waals surface area (Å²) in [4.78, 5) is 0. The molecule has 0 spiro atoms. The van der Waals surface area contributed by atoms with E-state index >= 15 is 0 Å². The number of aliphatic hydroxyl groups excluding tert-OH is 1. The first kappa shape index (κ1) is 10.4. The van der Waals surface area contributed by atoms with Crippen LogP contribution in [-0.4, -0.2) is 23.7 Å². The van der Waals surface area contributed by atoms with Crippen molar-refractivity contribution in [1.82, 2.24) is 0 Å². The van der Waals surface area contributed by atoms with Crippen molar-refractivity contribution in [2.45, 2.75) is 38.5 Å². The number of thioether (sulfide) groups is 1. The third kappa shape index (κ3) is 2.67. The van der Waals surface area contributed by atoms with Gasteiger partial charge < -0.3 is 5.11 Å². The van der Waals surface area contributed by atoms with Crippen LogP contribution in [0.5, 0.6) is 0 Å². The van der Waals surface area contributed by atoms with Crippen molar-refractivity contribution >= 4 is 11.8 Å². The summed E-state index contributed by atoms with van der Waals surface area (Å²) in [6.45, 7) is 0.410. The molecule has 1 nitrogen and oxygen atoms in total. The standard InChI is InChI=1S/C10H20OS/c1-12-8-7-10(9-11)5-3-2-4-6-10/h11H,2-9H2,1H3. The maximum absolute atomic E-state index is 9.36. The Kier molecular flexibility index (Phi) is 4.44. The Balaban J connectivity index is 2.37. The van der Waals surface area contributed by atoms with Gasteiger partial charge in [-0.1, -0.05) is 19.3 Å². The molecule has 1 rings (SSSR count). The van der Waals surface area contributed by atoms with Crippen molar-refractivity contribution in [2.24, 2.45) is 5.41 Å². The van der Waals surface area contributed by atoms with Crippen LogP contribution in [0.25, 0.3) is 0 Å². The Labute approximate surface area is 79.9 Å². The summed E-state index contributed by atoms with van der Waals surface area (Å²) in [5.74, 6) is 1.21. The van der Waals surface area contributed by atoms with Gasteiger partial charge in [0.05, 0.1) is 0 Å². The van der Waals surface area contributed by atoms with Crippen LogP contribution < -0.4 is 0 Å². The van der Waals surface area contributed by atoms with Gasteiger partial charge >= 0.3 is 0 Å². The van der Waals surface area contributed by atoms with Crippen molar-refractivity contribution in [3.63, 3.8) is 0 Å². The molecule has 0 saturated heterocycles. The minimum Gasteiger partial charge on any atom is -0.396 e. The van der Waals surface area contributed by atoms with Crippen LogP contribution >= 0.6 is 11.8 Å². The smallest absolute Gasteiger partial charge is 0.0487 e. The molecule has 0 atom stereocenters. The molecule has 72 valence electrons. The molecule has 0 aromatic carbocycles. The SMILES string of the molecule is CSCCC1(CO)CCCCC1. The molecule has 0 bridgehead atoms. The van der Waals surface area contributed by atoms with Crippen LogP contribution in [0, 0.1) is 5.41 Å². The summed E-state index contributed by atoms with van der Waals surface area (Å²) < 4.78 is 0. The van der Waals surface area contributed by atoms with Gasteiger partial charge in [-0.05, 0) is 36.7 Å². The molecule has 1 aliphatic rings. The first-order chi connectivity index (χ1) is 5.83. The van der Waals surface area contributed by atoms with E-state index in [0.717, 1.165) is 0 Å². The van der Waals surface area contributed by atoms with Crippen molar-refractivity contribution in [1.29, 1.82) is 0 Å². The second-order valence-corrected chi connectivity index (χ2v) is 4.95. The number of hydrogen-bond acceptors (Lipinski definition) is 2. The first-order valence-corrected chi connectivity index (χ1v) is 6.32. The Morgan fingerprint density at radius 1 is 1.25 bits per heavy atom. The Morgan fingerprint density at radius 3 is 2.42 bits per heavy atom. The molecule has 1 fully saturated rings. The number of aliphatic hydroxyl groups is 1. The van der Waals surface area contributed by atoms with Crippen molar-refractivity contribution in [2.75, 3.05) is 18.6 Å². The molecule has 0 radical (unpaired) electrons. The zero-order valence-corrected chi connectivity index (χ0v) is 8.83. The second kappa shape index (κ2) is 5.13. The lowest BCUT2D eigenvalue weighted by Crippen LogP contribution is -2.28. The van der Waals surface area contributed by atoms with Gasteiger partial charge in [-0.2, -0.15) is 11.8 Å². The highest BCUT2D eigenvalue weighted by Gasteiger charge is 2.30. The zero-order chi connectivity index (χ0) is 8.86. The van der Waals surface area contributed by atoms with Gasteiger partial charge in [-0.3, -0.25) is 0 Å². The number of rotatable bonds is 4.